The van der Waals surface area contributed by atoms with Gasteiger partial charge in [0.25, 0.3) is 0 Å². The maximum atomic E-state index is 9.16. The van der Waals surface area contributed by atoms with Crippen molar-refractivity contribution >= 4 is 0 Å². The van der Waals surface area contributed by atoms with Crippen molar-refractivity contribution in [2.75, 3.05) is 39.5 Å². The third kappa shape index (κ3) is 30.3. The highest BCUT2D eigenvalue weighted by atomic mass is 16.5. The van der Waals surface area contributed by atoms with Crippen LogP contribution in [0.5, 0.6) is 0 Å². The Morgan fingerprint density at radius 1 is 0.514 bits per heavy atom. The molecule has 0 spiro atoms. The normalized spacial score (nSPS) is 12.6. The predicted molar refractivity (Wildman–Crippen MR) is 166 cm³/mol. The van der Waals surface area contributed by atoms with Crippen LogP contribution in [0, 0.1) is 5.92 Å². The number of rotatable bonds is 32. The van der Waals surface area contributed by atoms with Crippen LogP contribution < -0.4 is 0 Å². The van der Waals surface area contributed by atoms with E-state index in [0.717, 1.165) is 26.1 Å². The molecule has 0 heterocycles. The summed E-state index contributed by atoms with van der Waals surface area (Å²) in [5, 5.41) is 9.16. The lowest BCUT2D eigenvalue weighted by atomic mass is 10.1. The lowest BCUT2D eigenvalue weighted by molar-refractivity contribution is 0.100. The van der Waals surface area contributed by atoms with E-state index in [1.165, 1.54) is 161 Å². The molecule has 1 N–H and O–H groups in total. The Morgan fingerprint density at radius 3 is 1.30 bits per heavy atom. The molecule has 0 aromatic carbocycles. The van der Waals surface area contributed by atoms with E-state index in [2.05, 4.69) is 25.7 Å². The topological polar surface area (TPSA) is 32.7 Å². The molecular weight excluding hydrogens is 454 g/mol. The van der Waals surface area contributed by atoms with Gasteiger partial charge in [0.1, 0.15) is 0 Å². The van der Waals surface area contributed by atoms with E-state index in [-0.39, 0.29) is 0 Å². The van der Waals surface area contributed by atoms with Crippen molar-refractivity contribution in [3.8, 4) is 0 Å². The molecule has 0 aliphatic carbocycles. The zero-order chi connectivity index (χ0) is 27.1. The van der Waals surface area contributed by atoms with Crippen molar-refractivity contribution in [2.24, 2.45) is 5.92 Å². The summed E-state index contributed by atoms with van der Waals surface area (Å²) in [5.74, 6) is 0.712. The molecule has 0 rings (SSSR count). The van der Waals surface area contributed by atoms with Gasteiger partial charge in [-0.2, -0.15) is 0 Å². The van der Waals surface area contributed by atoms with Crippen molar-refractivity contribution in [1.29, 1.82) is 0 Å². The lowest BCUT2D eigenvalue weighted by Gasteiger charge is -2.22. The average Bonchev–Trinajstić information content (AvgIpc) is 2.91. The van der Waals surface area contributed by atoms with E-state index in [1.54, 1.807) is 0 Å². The second-order valence-electron chi connectivity index (χ2n) is 11.9. The summed E-state index contributed by atoms with van der Waals surface area (Å²) in [6.07, 6.45) is 32.7. The molecular formula is C34H71NO2. The molecule has 3 nitrogen and oxygen atoms in total. The number of hydrogen-bond acceptors (Lipinski definition) is 3. The molecule has 0 saturated carbocycles. The molecule has 224 valence electrons. The summed E-state index contributed by atoms with van der Waals surface area (Å²) in [4.78, 5) is 2.69. The van der Waals surface area contributed by atoms with E-state index >= 15 is 0 Å². The lowest BCUT2D eigenvalue weighted by Crippen LogP contribution is -2.27. The van der Waals surface area contributed by atoms with Gasteiger partial charge in [-0.25, -0.2) is 0 Å². The number of nitrogens with zero attached hydrogens (tertiary/aromatic N) is 1. The standard InChI is InChI=1S/C34H71NO2/c1-4-6-7-8-9-10-11-14-17-20-23-28-35(30-25-26-31-36)29-24-21-18-15-12-13-16-19-22-27-32-37-33-34(3)5-2/h34,36H,4-33H2,1-3H3. The van der Waals surface area contributed by atoms with Crippen LogP contribution in [0.3, 0.4) is 0 Å². The van der Waals surface area contributed by atoms with E-state index in [9.17, 15) is 0 Å². The Kier molecular flexibility index (Phi) is 32.0. The first kappa shape index (κ1) is 36.9. The van der Waals surface area contributed by atoms with Gasteiger partial charge < -0.3 is 14.7 Å². The van der Waals surface area contributed by atoms with Gasteiger partial charge in [0.15, 0.2) is 0 Å². The number of ether oxygens (including phenoxy) is 1. The third-order valence-corrected chi connectivity index (χ3v) is 8.07. The summed E-state index contributed by atoms with van der Waals surface area (Å²) in [7, 11) is 0. The van der Waals surface area contributed by atoms with Gasteiger partial charge in [-0.15, -0.1) is 0 Å². The van der Waals surface area contributed by atoms with Crippen LogP contribution in [-0.4, -0.2) is 49.5 Å². The number of unbranched alkanes of at least 4 members (excludes halogenated alkanes) is 20. The van der Waals surface area contributed by atoms with Crippen molar-refractivity contribution in [3.05, 3.63) is 0 Å². The first-order chi connectivity index (χ1) is 18.2. The Bertz CT molecular complexity index is 403. The molecule has 0 fully saturated rings. The quantitative estimate of drug-likeness (QED) is 0.0886. The zero-order valence-corrected chi connectivity index (χ0v) is 26.1. The highest BCUT2D eigenvalue weighted by Crippen LogP contribution is 2.14. The fraction of sp³-hybridized carbons (Fsp3) is 1.00. The second kappa shape index (κ2) is 32.1. The summed E-state index contributed by atoms with van der Waals surface area (Å²) in [6, 6.07) is 0. The fourth-order valence-corrected chi connectivity index (χ4v) is 5.14. The van der Waals surface area contributed by atoms with Gasteiger partial charge in [-0.1, -0.05) is 143 Å². The van der Waals surface area contributed by atoms with E-state index in [1.807, 2.05) is 0 Å². The summed E-state index contributed by atoms with van der Waals surface area (Å²) >= 11 is 0. The van der Waals surface area contributed by atoms with Crippen LogP contribution in [0.4, 0.5) is 0 Å². The molecule has 0 amide bonds. The van der Waals surface area contributed by atoms with Crippen LogP contribution in [-0.2, 0) is 4.74 Å². The van der Waals surface area contributed by atoms with Crippen molar-refractivity contribution in [1.82, 2.24) is 4.90 Å². The molecule has 0 aromatic rings. The first-order valence-corrected chi connectivity index (χ1v) is 17.2. The molecule has 0 aromatic heterocycles. The fourth-order valence-electron chi connectivity index (χ4n) is 5.14. The molecule has 1 unspecified atom stereocenters. The van der Waals surface area contributed by atoms with Crippen LogP contribution in [0.25, 0.3) is 0 Å². The Balaban J connectivity index is 3.56. The van der Waals surface area contributed by atoms with Crippen LogP contribution >= 0.6 is 0 Å². The van der Waals surface area contributed by atoms with Gasteiger partial charge >= 0.3 is 0 Å². The minimum Gasteiger partial charge on any atom is -0.396 e. The first-order valence-electron chi connectivity index (χ1n) is 17.2. The molecule has 37 heavy (non-hydrogen) atoms. The number of hydrogen-bond donors (Lipinski definition) is 1. The van der Waals surface area contributed by atoms with E-state index in [4.69, 9.17) is 9.84 Å². The molecule has 1 atom stereocenters. The van der Waals surface area contributed by atoms with Crippen LogP contribution in [0.15, 0.2) is 0 Å². The Hall–Kier alpha value is -0.120. The minimum absolute atomic E-state index is 0.346. The van der Waals surface area contributed by atoms with Crippen LogP contribution in [0.1, 0.15) is 175 Å². The molecule has 3 heteroatoms. The average molecular weight is 526 g/mol. The van der Waals surface area contributed by atoms with E-state index in [0.29, 0.717) is 12.5 Å². The monoisotopic (exact) mass is 526 g/mol. The van der Waals surface area contributed by atoms with Gasteiger partial charge in [0.2, 0.25) is 0 Å². The van der Waals surface area contributed by atoms with Crippen molar-refractivity contribution in [3.63, 3.8) is 0 Å². The smallest absolute Gasteiger partial charge is 0.0491 e. The molecule has 0 saturated heterocycles. The van der Waals surface area contributed by atoms with Crippen LogP contribution in [0.2, 0.25) is 0 Å². The molecule has 0 bridgehead atoms. The Labute approximate surface area is 234 Å². The number of aliphatic hydroxyl groups is 1. The highest BCUT2D eigenvalue weighted by Gasteiger charge is 2.05. The molecule has 0 aliphatic heterocycles. The zero-order valence-electron chi connectivity index (χ0n) is 26.1. The largest absolute Gasteiger partial charge is 0.396 e. The second-order valence-corrected chi connectivity index (χ2v) is 11.9. The Morgan fingerprint density at radius 2 is 0.892 bits per heavy atom. The highest BCUT2D eigenvalue weighted by molar-refractivity contribution is 4.60. The van der Waals surface area contributed by atoms with Gasteiger partial charge in [0, 0.05) is 19.8 Å². The van der Waals surface area contributed by atoms with Gasteiger partial charge in [-0.3, -0.25) is 0 Å². The summed E-state index contributed by atoms with van der Waals surface area (Å²) < 4.78 is 5.76. The summed E-state index contributed by atoms with van der Waals surface area (Å²) in [6.45, 7) is 12.8. The van der Waals surface area contributed by atoms with Crippen molar-refractivity contribution < 1.29 is 9.84 Å². The predicted octanol–water partition coefficient (Wildman–Crippen LogP) is 10.3. The minimum atomic E-state index is 0.346. The maximum absolute atomic E-state index is 9.16. The molecule has 0 aliphatic rings. The third-order valence-electron chi connectivity index (χ3n) is 8.07. The SMILES string of the molecule is CCCCCCCCCCCCCN(CCCCO)CCCCCCCCCCCCOCC(C)CC. The molecule has 0 radical (unpaired) electrons. The van der Waals surface area contributed by atoms with Crippen molar-refractivity contribution in [2.45, 2.75) is 175 Å². The maximum Gasteiger partial charge on any atom is 0.0491 e. The van der Waals surface area contributed by atoms with Gasteiger partial charge in [0.05, 0.1) is 0 Å². The summed E-state index contributed by atoms with van der Waals surface area (Å²) in [5.41, 5.74) is 0. The van der Waals surface area contributed by atoms with Gasteiger partial charge in [-0.05, 0) is 57.7 Å². The number of aliphatic hydroxyl groups excluding tert-OH is 1. The van der Waals surface area contributed by atoms with E-state index < -0.39 is 0 Å².